The van der Waals surface area contributed by atoms with Gasteiger partial charge in [-0.2, -0.15) is 0 Å². The van der Waals surface area contributed by atoms with Crippen LogP contribution in [0.5, 0.6) is 5.75 Å². The van der Waals surface area contributed by atoms with E-state index in [1.165, 1.54) is 6.07 Å². The highest BCUT2D eigenvalue weighted by atomic mass is 16.6. The molecule has 0 aliphatic heterocycles. The maximum absolute atomic E-state index is 13.0. The number of carbonyl (C=O) groups excluding carboxylic acids is 2. The summed E-state index contributed by atoms with van der Waals surface area (Å²) in [5, 5.41) is 3.17. The van der Waals surface area contributed by atoms with Gasteiger partial charge in [0, 0.05) is 6.07 Å². The Morgan fingerprint density at radius 2 is 1.83 bits per heavy atom. The molecule has 29 heavy (non-hydrogen) atoms. The molecule has 2 rings (SSSR count). The standard InChI is InChI=1S/C22H29NO6/c1-8-13(3)19(23-21(26)29-22(5,6)7)20(25)28-16-10-12(2)9-15-18(16)14(4)11-17(24)27-15/h9-11,13,19H,8H2,1-7H3,(H,23,26)/t13-,19-/m1/s1. The number of benzene rings is 1. The summed E-state index contributed by atoms with van der Waals surface area (Å²) in [5.74, 6) is -0.502. The van der Waals surface area contributed by atoms with Crippen LogP contribution in [0, 0.1) is 19.8 Å². The van der Waals surface area contributed by atoms with Crippen molar-refractivity contribution in [2.75, 3.05) is 0 Å². The summed E-state index contributed by atoms with van der Waals surface area (Å²) < 4.78 is 16.2. The van der Waals surface area contributed by atoms with Crippen LogP contribution >= 0.6 is 0 Å². The van der Waals surface area contributed by atoms with E-state index in [0.717, 1.165) is 5.56 Å². The van der Waals surface area contributed by atoms with E-state index >= 15 is 0 Å². The molecule has 1 aromatic carbocycles. The first-order chi connectivity index (χ1) is 13.4. The second-order valence-electron chi connectivity index (χ2n) is 8.32. The molecule has 0 saturated heterocycles. The molecule has 0 unspecified atom stereocenters. The summed E-state index contributed by atoms with van der Waals surface area (Å²) in [6, 6.07) is 3.88. The number of carbonyl (C=O) groups is 2. The van der Waals surface area contributed by atoms with Crippen LogP contribution in [-0.4, -0.2) is 23.7 Å². The number of esters is 1. The average Bonchev–Trinajstić information content (AvgIpc) is 2.56. The number of rotatable bonds is 5. The highest BCUT2D eigenvalue weighted by Gasteiger charge is 2.30. The van der Waals surface area contributed by atoms with Crippen LogP contribution in [0.25, 0.3) is 11.0 Å². The average molecular weight is 403 g/mol. The molecule has 0 radical (unpaired) electrons. The van der Waals surface area contributed by atoms with Gasteiger partial charge in [0.15, 0.2) is 0 Å². The fourth-order valence-corrected chi connectivity index (χ4v) is 2.93. The van der Waals surface area contributed by atoms with Gasteiger partial charge in [0.25, 0.3) is 0 Å². The Labute approximate surface area is 170 Å². The number of hydrogen-bond acceptors (Lipinski definition) is 6. The molecule has 1 aromatic heterocycles. The van der Waals surface area contributed by atoms with Crippen molar-refractivity contribution in [1.29, 1.82) is 0 Å². The first-order valence-electron chi connectivity index (χ1n) is 9.67. The van der Waals surface area contributed by atoms with Crippen molar-refractivity contribution in [2.24, 2.45) is 5.92 Å². The van der Waals surface area contributed by atoms with Gasteiger partial charge in [0.05, 0.1) is 5.39 Å². The topological polar surface area (TPSA) is 94.8 Å². The van der Waals surface area contributed by atoms with Gasteiger partial charge in [0.1, 0.15) is 23.0 Å². The summed E-state index contributed by atoms with van der Waals surface area (Å²) >= 11 is 0. The second kappa shape index (κ2) is 8.68. The molecule has 0 aliphatic rings. The molecule has 2 aromatic rings. The molecule has 7 heteroatoms. The predicted octanol–water partition coefficient (Wildman–Crippen LogP) is 4.25. The highest BCUT2D eigenvalue weighted by molar-refractivity contribution is 5.91. The summed E-state index contributed by atoms with van der Waals surface area (Å²) in [7, 11) is 0. The Kier molecular flexibility index (Phi) is 6.72. The number of alkyl carbamates (subject to hydrolysis) is 1. The third-order valence-electron chi connectivity index (χ3n) is 4.50. The van der Waals surface area contributed by atoms with E-state index in [0.29, 0.717) is 23.0 Å². The van der Waals surface area contributed by atoms with Gasteiger partial charge in [-0.15, -0.1) is 0 Å². The zero-order chi connectivity index (χ0) is 21.9. The maximum atomic E-state index is 13.0. The molecule has 7 nitrogen and oxygen atoms in total. The maximum Gasteiger partial charge on any atom is 0.408 e. The van der Waals surface area contributed by atoms with Crippen LogP contribution in [0.15, 0.2) is 27.4 Å². The van der Waals surface area contributed by atoms with E-state index in [1.54, 1.807) is 39.8 Å². The van der Waals surface area contributed by atoms with Crippen molar-refractivity contribution >= 4 is 23.0 Å². The van der Waals surface area contributed by atoms with Crippen molar-refractivity contribution in [2.45, 2.75) is 66.5 Å². The Hall–Kier alpha value is -2.83. The number of aryl methyl sites for hydroxylation is 2. The lowest BCUT2D eigenvalue weighted by atomic mass is 9.99. The first kappa shape index (κ1) is 22.5. The molecule has 0 fully saturated rings. The number of hydrogen-bond donors (Lipinski definition) is 1. The fraction of sp³-hybridized carbons (Fsp3) is 0.500. The minimum atomic E-state index is -0.888. The molecule has 1 heterocycles. The van der Waals surface area contributed by atoms with Gasteiger partial charge in [-0.05, 0) is 63.8 Å². The number of ether oxygens (including phenoxy) is 2. The molecule has 2 atom stereocenters. The SMILES string of the molecule is CC[C@@H](C)[C@@H](NC(=O)OC(C)(C)C)C(=O)Oc1cc(C)cc2oc(=O)cc(C)c12. The van der Waals surface area contributed by atoms with Crippen LogP contribution in [0.3, 0.4) is 0 Å². The molecular weight excluding hydrogens is 374 g/mol. The minimum Gasteiger partial charge on any atom is -0.444 e. The van der Waals surface area contributed by atoms with Gasteiger partial charge in [-0.3, -0.25) is 0 Å². The van der Waals surface area contributed by atoms with E-state index in [1.807, 2.05) is 20.8 Å². The van der Waals surface area contributed by atoms with Gasteiger partial charge in [-0.1, -0.05) is 20.3 Å². The predicted molar refractivity (Wildman–Crippen MR) is 110 cm³/mol. The smallest absolute Gasteiger partial charge is 0.408 e. The summed E-state index contributed by atoms with van der Waals surface area (Å²) in [5.41, 5.74) is 0.600. The van der Waals surface area contributed by atoms with E-state index in [9.17, 15) is 14.4 Å². The minimum absolute atomic E-state index is 0.176. The lowest BCUT2D eigenvalue weighted by Crippen LogP contribution is -2.48. The van der Waals surface area contributed by atoms with E-state index < -0.39 is 29.3 Å². The second-order valence-corrected chi connectivity index (χ2v) is 8.32. The first-order valence-corrected chi connectivity index (χ1v) is 9.67. The summed E-state index contributed by atoms with van der Waals surface area (Å²) in [4.78, 5) is 36.9. The lowest BCUT2D eigenvalue weighted by molar-refractivity contribution is -0.138. The summed E-state index contributed by atoms with van der Waals surface area (Å²) in [6.45, 7) is 12.6. The van der Waals surface area contributed by atoms with Crippen molar-refractivity contribution in [3.05, 3.63) is 39.7 Å². The van der Waals surface area contributed by atoms with Gasteiger partial charge >= 0.3 is 17.7 Å². The normalized spacial score (nSPS) is 13.6. The molecular formula is C22H29NO6. The largest absolute Gasteiger partial charge is 0.444 e. The highest BCUT2D eigenvalue weighted by Crippen LogP contribution is 2.30. The Balaban J connectivity index is 2.36. The zero-order valence-electron chi connectivity index (χ0n) is 18.0. The quantitative estimate of drug-likeness (QED) is 0.455. The van der Waals surface area contributed by atoms with Crippen molar-refractivity contribution in [1.82, 2.24) is 5.32 Å². The van der Waals surface area contributed by atoms with Crippen molar-refractivity contribution in [3.63, 3.8) is 0 Å². The molecule has 0 spiro atoms. The van der Waals surface area contributed by atoms with Crippen molar-refractivity contribution in [3.8, 4) is 5.75 Å². The monoisotopic (exact) mass is 403 g/mol. The zero-order valence-corrected chi connectivity index (χ0v) is 18.0. The van der Waals surface area contributed by atoms with Crippen LogP contribution in [0.1, 0.15) is 52.2 Å². The van der Waals surface area contributed by atoms with Gasteiger partial charge < -0.3 is 19.2 Å². The molecule has 1 amide bonds. The Bertz CT molecular complexity index is 970. The molecule has 158 valence electrons. The number of amides is 1. The van der Waals surface area contributed by atoms with Gasteiger partial charge in [-0.25, -0.2) is 14.4 Å². The number of fused-ring (bicyclic) bond motifs is 1. The van der Waals surface area contributed by atoms with Crippen LogP contribution in [0.4, 0.5) is 4.79 Å². The third-order valence-corrected chi connectivity index (χ3v) is 4.50. The Morgan fingerprint density at radius 1 is 1.17 bits per heavy atom. The van der Waals surface area contributed by atoms with E-state index in [2.05, 4.69) is 5.32 Å². The van der Waals surface area contributed by atoms with E-state index in [-0.39, 0.29) is 11.7 Å². The van der Waals surface area contributed by atoms with Crippen molar-refractivity contribution < 1.29 is 23.5 Å². The third kappa shape index (κ3) is 5.82. The van der Waals surface area contributed by atoms with Crippen LogP contribution in [-0.2, 0) is 9.53 Å². The van der Waals surface area contributed by atoms with Crippen LogP contribution < -0.4 is 15.7 Å². The summed E-state index contributed by atoms with van der Waals surface area (Å²) in [6.07, 6.45) is -0.0334. The molecule has 0 bridgehead atoms. The molecule has 0 saturated carbocycles. The lowest BCUT2D eigenvalue weighted by Gasteiger charge is -2.25. The van der Waals surface area contributed by atoms with Gasteiger partial charge in [0.2, 0.25) is 0 Å². The molecule has 0 aliphatic carbocycles. The number of nitrogens with one attached hydrogen (secondary N) is 1. The van der Waals surface area contributed by atoms with Crippen LogP contribution in [0.2, 0.25) is 0 Å². The Morgan fingerprint density at radius 3 is 2.41 bits per heavy atom. The fourth-order valence-electron chi connectivity index (χ4n) is 2.93. The molecule has 1 N–H and O–H groups in total. The van der Waals surface area contributed by atoms with E-state index in [4.69, 9.17) is 13.9 Å².